The van der Waals surface area contributed by atoms with Gasteiger partial charge in [-0.3, -0.25) is 0 Å². The Bertz CT molecular complexity index is 230. The van der Waals surface area contributed by atoms with Gasteiger partial charge in [-0.15, -0.1) is 0 Å². The van der Waals surface area contributed by atoms with Gasteiger partial charge in [0.15, 0.2) is 0 Å². The van der Waals surface area contributed by atoms with Crippen LogP contribution in [-0.2, 0) is 0 Å². The van der Waals surface area contributed by atoms with Crippen molar-refractivity contribution in [2.24, 2.45) is 23.5 Å². The molecule has 2 N–H and O–H groups in total. The van der Waals surface area contributed by atoms with Crippen molar-refractivity contribution in [3.05, 3.63) is 12.2 Å². The molecule has 1 aliphatic rings. The Labute approximate surface area is 101 Å². The minimum atomic E-state index is -0.00585. The lowest BCUT2D eigenvalue weighted by atomic mass is 9.73. The zero-order valence-corrected chi connectivity index (χ0v) is 11.5. The van der Waals surface area contributed by atoms with E-state index < -0.39 is 0 Å². The molecule has 0 aromatic rings. The van der Waals surface area contributed by atoms with Crippen LogP contribution in [0.15, 0.2) is 12.2 Å². The van der Waals surface area contributed by atoms with Crippen molar-refractivity contribution in [3.63, 3.8) is 0 Å². The Balaban J connectivity index is 2.20. The second-order valence-electron chi connectivity index (χ2n) is 6.02. The van der Waals surface area contributed by atoms with Crippen LogP contribution in [0, 0.1) is 17.8 Å². The van der Waals surface area contributed by atoms with Crippen LogP contribution in [0.3, 0.4) is 0 Å². The maximum absolute atomic E-state index is 6.23. The van der Waals surface area contributed by atoms with Crippen molar-refractivity contribution in [2.75, 3.05) is 0 Å². The topological polar surface area (TPSA) is 26.0 Å². The predicted molar refractivity (Wildman–Crippen MR) is 72.3 cm³/mol. The normalized spacial score (nSPS) is 31.1. The van der Waals surface area contributed by atoms with Crippen LogP contribution in [-0.4, -0.2) is 5.54 Å². The van der Waals surface area contributed by atoms with E-state index >= 15 is 0 Å². The van der Waals surface area contributed by atoms with E-state index in [-0.39, 0.29) is 5.54 Å². The number of rotatable bonds is 6. The Kier molecular flexibility index (Phi) is 5.04. The van der Waals surface area contributed by atoms with Gasteiger partial charge >= 0.3 is 0 Å². The summed E-state index contributed by atoms with van der Waals surface area (Å²) in [5.74, 6) is 2.49. The third-order valence-corrected chi connectivity index (χ3v) is 4.78. The number of hydrogen-bond donors (Lipinski definition) is 1. The van der Waals surface area contributed by atoms with Crippen LogP contribution in [0.2, 0.25) is 0 Å². The fourth-order valence-corrected chi connectivity index (χ4v) is 2.27. The summed E-state index contributed by atoms with van der Waals surface area (Å²) in [4.78, 5) is 0. The number of nitrogens with two attached hydrogens (primary N) is 1. The lowest BCUT2D eigenvalue weighted by Crippen LogP contribution is -2.41. The standard InChI is InChI=1S/C15H29N/c1-5-15(4,16)13(3)8-6-7-9-14-11-10-12(14)2/h6-7,12-14H,5,8-11,16H2,1-4H3/b7-6-. The molecule has 0 aliphatic heterocycles. The minimum absolute atomic E-state index is 0.00585. The molecular formula is C15H29N. The smallest absolute Gasteiger partial charge is 0.0152 e. The fourth-order valence-electron chi connectivity index (χ4n) is 2.27. The first-order valence-corrected chi connectivity index (χ1v) is 6.91. The molecular weight excluding hydrogens is 194 g/mol. The largest absolute Gasteiger partial charge is 0.325 e. The van der Waals surface area contributed by atoms with Crippen LogP contribution in [0.4, 0.5) is 0 Å². The molecule has 0 saturated heterocycles. The van der Waals surface area contributed by atoms with Crippen LogP contribution >= 0.6 is 0 Å². The lowest BCUT2D eigenvalue weighted by Gasteiger charge is -2.33. The van der Waals surface area contributed by atoms with E-state index in [0.29, 0.717) is 5.92 Å². The third-order valence-electron chi connectivity index (χ3n) is 4.78. The predicted octanol–water partition coefficient (Wildman–Crippen LogP) is 4.13. The highest BCUT2D eigenvalue weighted by Gasteiger charge is 2.25. The third kappa shape index (κ3) is 3.62. The summed E-state index contributed by atoms with van der Waals surface area (Å²) in [7, 11) is 0. The summed E-state index contributed by atoms with van der Waals surface area (Å²) in [6, 6.07) is 0. The minimum Gasteiger partial charge on any atom is -0.325 e. The van der Waals surface area contributed by atoms with Gasteiger partial charge in [-0.05, 0) is 50.4 Å². The molecule has 0 aromatic heterocycles. The fraction of sp³-hybridized carbons (Fsp3) is 0.867. The van der Waals surface area contributed by atoms with Gasteiger partial charge in [0, 0.05) is 5.54 Å². The van der Waals surface area contributed by atoms with Gasteiger partial charge in [0.2, 0.25) is 0 Å². The van der Waals surface area contributed by atoms with Gasteiger partial charge in [-0.1, -0.05) is 39.3 Å². The molecule has 1 rings (SSSR count). The molecule has 0 heterocycles. The summed E-state index contributed by atoms with van der Waals surface area (Å²) in [5.41, 5.74) is 6.22. The van der Waals surface area contributed by atoms with Gasteiger partial charge in [0.25, 0.3) is 0 Å². The highest BCUT2D eigenvalue weighted by molar-refractivity contribution is 4.93. The summed E-state index contributed by atoms with van der Waals surface area (Å²) < 4.78 is 0. The molecule has 16 heavy (non-hydrogen) atoms. The van der Waals surface area contributed by atoms with Gasteiger partial charge in [0.1, 0.15) is 0 Å². The van der Waals surface area contributed by atoms with Gasteiger partial charge < -0.3 is 5.73 Å². The average molecular weight is 223 g/mol. The first-order chi connectivity index (χ1) is 7.47. The zero-order chi connectivity index (χ0) is 12.2. The molecule has 0 spiro atoms. The van der Waals surface area contributed by atoms with E-state index in [9.17, 15) is 0 Å². The molecule has 94 valence electrons. The van der Waals surface area contributed by atoms with Crippen LogP contribution in [0.25, 0.3) is 0 Å². The maximum atomic E-state index is 6.23. The molecule has 0 amide bonds. The van der Waals surface area contributed by atoms with Gasteiger partial charge in [0.05, 0.1) is 0 Å². The van der Waals surface area contributed by atoms with Gasteiger partial charge in [-0.2, -0.15) is 0 Å². The van der Waals surface area contributed by atoms with Gasteiger partial charge in [-0.25, -0.2) is 0 Å². The van der Waals surface area contributed by atoms with E-state index in [1.165, 1.54) is 19.3 Å². The van der Waals surface area contributed by atoms with E-state index in [2.05, 4.69) is 39.8 Å². The molecule has 4 atom stereocenters. The lowest BCUT2D eigenvalue weighted by molar-refractivity contribution is 0.199. The first kappa shape index (κ1) is 13.8. The second-order valence-corrected chi connectivity index (χ2v) is 6.02. The van der Waals surface area contributed by atoms with Crippen LogP contribution in [0.1, 0.15) is 59.8 Å². The maximum Gasteiger partial charge on any atom is 0.0152 e. The zero-order valence-electron chi connectivity index (χ0n) is 11.5. The average Bonchev–Trinajstić information content (AvgIpc) is 2.26. The number of allylic oxidation sites excluding steroid dienone is 2. The Morgan fingerprint density at radius 2 is 2.06 bits per heavy atom. The quantitative estimate of drug-likeness (QED) is 0.673. The molecule has 0 bridgehead atoms. The summed E-state index contributed by atoms with van der Waals surface area (Å²) in [5, 5.41) is 0. The number of hydrogen-bond acceptors (Lipinski definition) is 1. The monoisotopic (exact) mass is 223 g/mol. The highest BCUT2D eigenvalue weighted by Crippen LogP contribution is 2.36. The Morgan fingerprint density at radius 1 is 1.38 bits per heavy atom. The molecule has 1 fully saturated rings. The van der Waals surface area contributed by atoms with Crippen molar-refractivity contribution < 1.29 is 0 Å². The van der Waals surface area contributed by atoms with Crippen molar-refractivity contribution in [2.45, 2.75) is 65.3 Å². The molecule has 0 radical (unpaired) electrons. The molecule has 1 heteroatoms. The van der Waals surface area contributed by atoms with Crippen LogP contribution in [0.5, 0.6) is 0 Å². The molecule has 4 unspecified atom stereocenters. The Hall–Kier alpha value is -0.300. The molecule has 1 aliphatic carbocycles. The van der Waals surface area contributed by atoms with E-state index in [0.717, 1.165) is 24.7 Å². The Morgan fingerprint density at radius 3 is 2.50 bits per heavy atom. The summed E-state index contributed by atoms with van der Waals surface area (Å²) in [6.07, 6.45) is 11.1. The van der Waals surface area contributed by atoms with Crippen molar-refractivity contribution in [1.82, 2.24) is 0 Å². The van der Waals surface area contributed by atoms with Crippen molar-refractivity contribution in [1.29, 1.82) is 0 Å². The van der Waals surface area contributed by atoms with E-state index in [1.54, 1.807) is 0 Å². The molecule has 0 aromatic carbocycles. The van der Waals surface area contributed by atoms with Crippen molar-refractivity contribution in [3.8, 4) is 0 Å². The van der Waals surface area contributed by atoms with Crippen molar-refractivity contribution >= 4 is 0 Å². The molecule has 1 saturated carbocycles. The SMILES string of the molecule is CCC(C)(N)C(C)C/C=C\CC1CCC1C. The van der Waals surface area contributed by atoms with E-state index in [4.69, 9.17) is 5.73 Å². The van der Waals surface area contributed by atoms with Crippen LogP contribution < -0.4 is 5.73 Å². The van der Waals surface area contributed by atoms with E-state index in [1.807, 2.05) is 0 Å². The molecule has 1 nitrogen and oxygen atoms in total. The summed E-state index contributed by atoms with van der Waals surface area (Å²) in [6.45, 7) is 8.98. The highest BCUT2D eigenvalue weighted by atomic mass is 14.7. The summed E-state index contributed by atoms with van der Waals surface area (Å²) >= 11 is 0. The second kappa shape index (κ2) is 5.86. The first-order valence-electron chi connectivity index (χ1n) is 6.91.